The van der Waals surface area contributed by atoms with Crippen LogP contribution in [0.5, 0.6) is 0 Å². The number of hydrogen-bond donors (Lipinski definition) is 1. The second kappa shape index (κ2) is 7.41. The molecule has 0 amide bonds. The average Bonchev–Trinajstić information content (AvgIpc) is 3.16. The number of fused-ring (bicyclic) bond motifs is 1. The summed E-state index contributed by atoms with van der Waals surface area (Å²) in [7, 11) is -3.65. The molecule has 1 aromatic carbocycles. The Morgan fingerprint density at radius 2 is 1.93 bits per heavy atom. The summed E-state index contributed by atoms with van der Waals surface area (Å²) in [6, 6.07) is 4.95. The third kappa shape index (κ3) is 3.89. The average molecular weight is 408 g/mol. The monoisotopic (exact) mass is 408 g/mol. The van der Waals surface area contributed by atoms with Crippen LogP contribution in [0.3, 0.4) is 0 Å². The van der Waals surface area contributed by atoms with Crippen molar-refractivity contribution in [1.82, 2.24) is 23.4 Å². The van der Waals surface area contributed by atoms with Crippen LogP contribution >= 0.6 is 11.7 Å². The fourth-order valence-electron chi connectivity index (χ4n) is 3.11. The number of benzene rings is 1. The largest absolute Gasteiger partial charge is 0.341 e. The Morgan fingerprint density at radius 1 is 1.19 bits per heavy atom. The minimum atomic E-state index is -3.65. The van der Waals surface area contributed by atoms with Crippen molar-refractivity contribution in [2.75, 3.05) is 24.5 Å². The lowest BCUT2D eigenvalue weighted by Gasteiger charge is -2.31. The van der Waals surface area contributed by atoms with Crippen molar-refractivity contribution in [3.8, 4) is 0 Å². The molecule has 3 aromatic rings. The zero-order chi connectivity index (χ0) is 18.9. The Balaban J connectivity index is 1.37. The van der Waals surface area contributed by atoms with Gasteiger partial charge in [0.2, 0.25) is 16.0 Å². The predicted molar refractivity (Wildman–Crippen MR) is 99.5 cm³/mol. The van der Waals surface area contributed by atoms with E-state index >= 15 is 0 Å². The van der Waals surface area contributed by atoms with Gasteiger partial charge in [-0.25, -0.2) is 27.5 Å². The molecule has 11 heteroatoms. The SMILES string of the molecule is O=S(=O)(NCC1CCN(c2ncc(F)cn2)CC1)c1cccc2nsnc12. The molecule has 4 rings (SSSR count). The van der Waals surface area contributed by atoms with Crippen molar-refractivity contribution in [1.29, 1.82) is 0 Å². The molecular weight excluding hydrogens is 391 g/mol. The molecule has 0 radical (unpaired) electrons. The maximum atomic E-state index is 12.9. The number of hydrogen-bond acceptors (Lipinski definition) is 8. The number of piperidine rings is 1. The molecule has 1 saturated heterocycles. The third-order valence-corrected chi connectivity index (χ3v) is 6.60. The van der Waals surface area contributed by atoms with Gasteiger partial charge in [0.15, 0.2) is 5.82 Å². The number of aromatic nitrogens is 4. The Labute approximate surface area is 159 Å². The highest BCUT2D eigenvalue weighted by atomic mass is 32.2. The fourth-order valence-corrected chi connectivity index (χ4v) is 4.99. The summed E-state index contributed by atoms with van der Waals surface area (Å²) >= 11 is 0.995. The molecule has 0 spiro atoms. The fraction of sp³-hybridized carbons (Fsp3) is 0.375. The van der Waals surface area contributed by atoms with Crippen molar-refractivity contribution in [2.45, 2.75) is 17.7 Å². The van der Waals surface area contributed by atoms with E-state index in [-0.39, 0.29) is 10.8 Å². The highest BCUT2D eigenvalue weighted by molar-refractivity contribution is 7.89. The lowest BCUT2D eigenvalue weighted by atomic mass is 9.97. The molecule has 142 valence electrons. The van der Waals surface area contributed by atoms with Gasteiger partial charge >= 0.3 is 0 Å². The molecule has 1 N–H and O–H groups in total. The summed E-state index contributed by atoms with van der Waals surface area (Å²) in [6.45, 7) is 1.75. The first-order valence-electron chi connectivity index (χ1n) is 8.46. The van der Waals surface area contributed by atoms with Gasteiger partial charge in [0.05, 0.1) is 24.1 Å². The maximum absolute atomic E-state index is 12.9. The van der Waals surface area contributed by atoms with Gasteiger partial charge in [-0.3, -0.25) is 0 Å². The highest BCUT2D eigenvalue weighted by Gasteiger charge is 2.24. The van der Waals surface area contributed by atoms with E-state index in [1.165, 1.54) is 0 Å². The van der Waals surface area contributed by atoms with Gasteiger partial charge in [-0.05, 0) is 30.9 Å². The van der Waals surface area contributed by atoms with Crippen LogP contribution in [-0.2, 0) is 10.0 Å². The molecular formula is C16H17FN6O2S2. The van der Waals surface area contributed by atoms with E-state index in [4.69, 9.17) is 0 Å². The summed E-state index contributed by atoms with van der Waals surface area (Å²) in [5, 5.41) is 0. The molecule has 0 saturated carbocycles. The summed E-state index contributed by atoms with van der Waals surface area (Å²) in [4.78, 5) is 10.1. The zero-order valence-electron chi connectivity index (χ0n) is 14.2. The molecule has 8 nitrogen and oxygen atoms in total. The van der Waals surface area contributed by atoms with E-state index < -0.39 is 15.8 Å². The van der Waals surface area contributed by atoms with E-state index in [2.05, 4.69) is 23.4 Å². The van der Waals surface area contributed by atoms with E-state index in [1.807, 2.05) is 4.90 Å². The molecule has 1 aliphatic rings. The van der Waals surface area contributed by atoms with E-state index in [0.29, 0.717) is 36.6 Å². The molecule has 0 aliphatic carbocycles. The molecule has 1 aliphatic heterocycles. The molecule has 3 heterocycles. The standard InChI is InChI=1S/C16H17FN6O2S2/c17-12-9-18-16(19-10-12)23-6-4-11(5-7-23)8-20-27(24,25)14-3-1-2-13-15(14)22-26-21-13/h1-3,9-11,20H,4-8H2. The van der Waals surface area contributed by atoms with Gasteiger partial charge < -0.3 is 4.90 Å². The first-order chi connectivity index (χ1) is 13.0. The van der Waals surface area contributed by atoms with Crippen molar-refractivity contribution in [3.63, 3.8) is 0 Å². The van der Waals surface area contributed by atoms with Crippen LogP contribution in [0.1, 0.15) is 12.8 Å². The minimum absolute atomic E-state index is 0.158. The van der Waals surface area contributed by atoms with Crippen LogP contribution in [0.4, 0.5) is 10.3 Å². The lowest BCUT2D eigenvalue weighted by Crippen LogP contribution is -2.39. The number of halogens is 1. The van der Waals surface area contributed by atoms with E-state index in [1.54, 1.807) is 18.2 Å². The van der Waals surface area contributed by atoms with Crippen LogP contribution in [0.15, 0.2) is 35.5 Å². The van der Waals surface area contributed by atoms with Crippen LogP contribution < -0.4 is 9.62 Å². The maximum Gasteiger partial charge on any atom is 0.242 e. The van der Waals surface area contributed by atoms with Crippen molar-refractivity contribution in [2.24, 2.45) is 5.92 Å². The number of sulfonamides is 1. The summed E-state index contributed by atoms with van der Waals surface area (Å²) in [5.74, 6) is 0.246. The van der Waals surface area contributed by atoms with E-state index in [9.17, 15) is 12.8 Å². The molecule has 0 atom stereocenters. The van der Waals surface area contributed by atoms with E-state index in [0.717, 1.165) is 37.0 Å². The zero-order valence-corrected chi connectivity index (χ0v) is 15.9. The highest BCUT2D eigenvalue weighted by Crippen LogP contribution is 2.23. The van der Waals surface area contributed by atoms with Gasteiger partial charge in [-0.15, -0.1) is 0 Å². The second-order valence-electron chi connectivity index (χ2n) is 6.37. The van der Waals surface area contributed by atoms with Gasteiger partial charge in [-0.2, -0.15) is 8.75 Å². The first kappa shape index (κ1) is 18.1. The van der Waals surface area contributed by atoms with Gasteiger partial charge in [-0.1, -0.05) is 6.07 Å². The molecule has 2 aromatic heterocycles. The second-order valence-corrected chi connectivity index (χ2v) is 8.64. The molecule has 27 heavy (non-hydrogen) atoms. The topological polar surface area (TPSA) is 101 Å². The summed E-state index contributed by atoms with van der Waals surface area (Å²) in [6.07, 6.45) is 3.89. The first-order valence-corrected chi connectivity index (χ1v) is 10.7. The Hall–Kier alpha value is -2.24. The van der Waals surface area contributed by atoms with Crippen molar-refractivity contribution < 1.29 is 12.8 Å². The van der Waals surface area contributed by atoms with Crippen LogP contribution in [0.2, 0.25) is 0 Å². The van der Waals surface area contributed by atoms with Crippen molar-refractivity contribution >= 4 is 38.7 Å². The molecule has 0 unspecified atom stereocenters. The molecule has 0 bridgehead atoms. The summed E-state index contributed by atoms with van der Waals surface area (Å²) < 4.78 is 49.1. The number of rotatable bonds is 5. The number of nitrogens with zero attached hydrogens (tertiary/aromatic N) is 5. The third-order valence-electron chi connectivity index (χ3n) is 4.60. The minimum Gasteiger partial charge on any atom is -0.341 e. The lowest BCUT2D eigenvalue weighted by molar-refractivity contribution is 0.398. The smallest absolute Gasteiger partial charge is 0.242 e. The predicted octanol–water partition coefficient (Wildman–Crippen LogP) is 1.82. The number of anilines is 1. The Morgan fingerprint density at radius 3 is 2.67 bits per heavy atom. The molecule has 1 fully saturated rings. The van der Waals surface area contributed by atoms with Crippen molar-refractivity contribution in [3.05, 3.63) is 36.4 Å². The van der Waals surface area contributed by atoms with Gasteiger partial charge in [0, 0.05) is 19.6 Å². The van der Waals surface area contributed by atoms with Gasteiger partial charge in [0.1, 0.15) is 15.9 Å². The van der Waals surface area contributed by atoms with Crippen LogP contribution in [0, 0.1) is 11.7 Å². The van der Waals surface area contributed by atoms with Gasteiger partial charge in [0.25, 0.3) is 0 Å². The quantitative estimate of drug-likeness (QED) is 0.687. The number of nitrogens with one attached hydrogen (secondary N) is 1. The van der Waals surface area contributed by atoms with Crippen LogP contribution in [-0.4, -0.2) is 46.8 Å². The van der Waals surface area contributed by atoms with Crippen LogP contribution in [0.25, 0.3) is 11.0 Å². The Bertz CT molecular complexity index is 1030. The normalized spacial score (nSPS) is 16.1. The Kier molecular flexibility index (Phi) is 4.98. The summed E-state index contributed by atoms with van der Waals surface area (Å²) in [5.41, 5.74) is 0.980.